The monoisotopic (exact) mass is 332 g/mol. The van der Waals surface area contributed by atoms with E-state index in [1.807, 2.05) is 22.0 Å². The van der Waals surface area contributed by atoms with Gasteiger partial charge in [0.25, 0.3) is 0 Å². The predicted octanol–water partition coefficient (Wildman–Crippen LogP) is 1.95. The highest BCUT2D eigenvalue weighted by molar-refractivity contribution is 5.95. The molecule has 1 aromatic rings. The topological polar surface area (TPSA) is 61.6 Å². The van der Waals surface area contributed by atoms with Crippen LogP contribution in [0, 0.1) is 0 Å². The van der Waals surface area contributed by atoms with Gasteiger partial charge >= 0.3 is 0 Å². The van der Waals surface area contributed by atoms with Crippen molar-refractivity contribution in [2.24, 2.45) is 0 Å². The fourth-order valence-electron chi connectivity index (χ4n) is 4.54. The maximum atomic E-state index is 11.9. The Morgan fingerprint density at radius 2 is 2.04 bits per heavy atom. The van der Waals surface area contributed by atoms with Crippen LogP contribution < -0.4 is 4.90 Å². The summed E-state index contributed by atoms with van der Waals surface area (Å²) in [5.74, 6) is 0.210. The number of hydrogen-bond acceptors (Lipinski definition) is 4. The minimum Gasteiger partial charge on any atom is -0.389 e. The minimum atomic E-state index is -0.482. The first-order chi connectivity index (χ1) is 11.6. The summed E-state index contributed by atoms with van der Waals surface area (Å²) in [4.78, 5) is 16.1. The van der Waals surface area contributed by atoms with E-state index in [9.17, 15) is 9.90 Å². The molecular weight excluding hydrogens is 304 g/mol. The fourth-order valence-corrected chi connectivity index (χ4v) is 4.54. The van der Waals surface area contributed by atoms with Crippen molar-refractivity contribution in [3.8, 4) is 0 Å². The Hall–Kier alpha value is -1.40. The van der Waals surface area contributed by atoms with Crippen molar-refractivity contribution in [2.45, 2.75) is 63.0 Å². The van der Waals surface area contributed by atoms with Crippen molar-refractivity contribution in [2.75, 3.05) is 31.1 Å². The van der Waals surface area contributed by atoms with Gasteiger partial charge < -0.3 is 10.0 Å². The Kier molecular flexibility index (Phi) is 4.35. The summed E-state index contributed by atoms with van der Waals surface area (Å²) in [6.07, 6.45) is 11.9. The van der Waals surface area contributed by atoms with E-state index in [1.54, 1.807) is 0 Å². The molecule has 0 aromatic carbocycles. The second kappa shape index (κ2) is 6.48. The van der Waals surface area contributed by atoms with Crippen molar-refractivity contribution in [1.29, 1.82) is 0 Å². The first-order valence-electron chi connectivity index (χ1n) is 9.42. The second-order valence-electron chi connectivity index (χ2n) is 7.79. The SMILES string of the molecule is O=C1CCCN1c1cnn(C2CCN(CC3(O)CCCCC3)C2)c1. The lowest BCUT2D eigenvalue weighted by Gasteiger charge is -2.35. The van der Waals surface area contributed by atoms with Gasteiger partial charge in [0.2, 0.25) is 5.91 Å². The van der Waals surface area contributed by atoms with Gasteiger partial charge in [0.1, 0.15) is 0 Å². The van der Waals surface area contributed by atoms with Gasteiger partial charge in [-0.05, 0) is 25.7 Å². The van der Waals surface area contributed by atoms with Crippen LogP contribution in [0.15, 0.2) is 12.4 Å². The van der Waals surface area contributed by atoms with Gasteiger partial charge in [-0.25, -0.2) is 0 Å². The number of hydrogen-bond donors (Lipinski definition) is 1. The number of rotatable bonds is 4. The van der Waals surface area contributed by atoms with Crippen molar-refractivity contribution < 1.29 is 9.90 Å². The summed E-state index contributed by atoms with van der Waals surface area (Å²) in [6.45, 7) is 3.57. The lowest BCUT2D eigenvalue weighted by molar-refractivity contribution is -0.117. The Morgan fingerprint density at radius 1 is 1.21 bits per heavy atom. The van der Waals surface area contributed by atoms with E-state index in [0.717, 1.165) is 70.4 Å². The third kappa shape index (κ3) is 3.22. The third-order valence-corrected chi connectivity index (χ3v) is 5.90. The maximum Gasteiger partial charge on any atom is 0.227 e. The molecular formula is C18H28N4O2. The zero-order valence-corrected chi connectivity index (χ0v) is 14.4. The van der Waals surface area contributed by atoms with E-state index >= 15 is 0 Å². The van der Waals surface area contributed by atoms with Crippen LogP contribution in [-0.4, -0.2) is 57.5 Å². The summed E-state index contributed by atoms with van der Waals surface area (Å²) < 4.78 is 2.02. The number of amides is 1. The standard InChI is InChI=1S/C18H28N4O2/c23-17-5-4-9-21(17)16-11-19-22(13-16)15-6-10-20(12-15)14-18(24)7-2-1-3-8-18/h11,13,15,24H,1-10,12,14H2. The highest BCUT2D eigenvalue weighted by atomic mass is 16.3. The lowest BCUT2D eigenvalue weighted by Crippen LogP contribution is -2.43. The van der Waals surface area contributed by atoms with E-state index in [-0.39, 0.29) is 5.91 Å². The Labute approximate surface area is 143 Å². The molecule has 1 aromatic heterocycles. The van der Waals surface area contributed by atoms with Crippen LogP contribution in [0.25, 0.3) is 0 Å². The maximum absolute atomic E-state index is 11.9. The number of aliphatic hydroxyl groups is 1. The van der Waals surface area contributed by atoms with Gasteiger partial charge in [-0.15, -0.1) is 0 Å². The van der Waals surface area contributed by atoms with Crippen molar-refractivity contribution in [3.05, 3.63) is 12.4 Å². The number of carbonyl (C=O) groups excluding carboxylic acids is 1. The van der Waals surface area contributed by atoms with E-state index in [0.29, 0.717) is 12.5 Å². The van der Waals surface area contributed by atoms with E-state index in [1.165, 1.54) is 6.42 Å². The molecule has 2 saturated heterocycles. The predicted molar refractivity (Wildman–Crippen MR) is 91.9 cm³/mol. The largest absolute Gasteiger partial charge is 0.389 e. The van der Waals surface area contributed by atoms with Crippen molar-refractivity contribution in [1.82, 2.24) is 14.7 Å². The number of aromatic nitrogens is 2. The third-order valence-electron chi connectivity index (χ3n) is 5.90. The first-order valence-corrected chi connectivity index (χ1v) is 9.42. The number of β-amino-alcohol motifs (C(OH)–C–C–N with tert-alkyl or cyclic N) is 1. The number of anilines is 1. The lowest BCUT2D eigenvalue weighted by atomic mass is 9.84. The molecule has 0 radical (unpaired) electrons. The molecule has 3 aliphatic rings. The molecule has 3 fully saturated rings. The summed E-state index contributed by atoms with van der Waals surface area (Å²) >= 11 is 0. The second-order valence-corrected chi connectivity index (χ2v) is 7.79. The van der Waals surface area contributed by atoms with Gasteiger partial charge in [-0.3, -0.25) is 14.4 Å². The highest BCUT2D eigenvalue weighted by Gasteiger charge is 2.35. The van der Waals surface area contributed by atoms with Gasteiger partial charge in [0.05, 0.1) is 23.5 Å². The minimum absolute atomic E-state index is 0.210. The zero-order chi connectivity index (χ0) is 16.6. The molecule has 1 aliphatic carbocycles. The molecule has 132 valence electrons. The van der Waals surface area contributed by atoms with Crippen molar-refractivity contribution in [3.63, 3.8) is 0 Å². The molecule has 4 rings (SSSR count). The normalized spacial score (nSPS) is 28.0. The molecule has 6 heteroatoms. The summed E-state index contributed by atoms with van der Waals surface area (Å²) in [5.41, 5.74) is 0.451. The molecule has 3 heterocycles. The summed E-state index contributed by atoms with van der Waals surface area (Å²) in [5, 5.41) is 15.3. The van der Waals surface area contributed by atoms with Crippen LogP contribution in [-0.2, 0) is 4.79 Å². The molecule has 1 saturated carbocycles. The molecule has 2 aliphatic heterocycles. The van der Waals surface area contributed by atoms with E-state index < -0.39 is 5.60 Å². The molecule has 1 amide bonds. The average Bonchev–Trinajstić information content (AvgIpc) is 3.27. The molecule has 1 unspecified atom stereocenters. The molecule has 0 spiro atoms. The zero-order valence-electron chi connectivity index (χ0n) is 14.4. The van der Waals surface area contributed by atoms with Crippen LogP contribution in [0.5, 0.6) is 0 Å². The number of likely N-dealkylation sites (tertiary alicyclic amines) is 1. The van der Waals surface area contributed by atoms with Crippen LogP contribution >= 0.6 is 0 Å². The van der Waals surface area contributed by atoms with Gasteiger partial charge in [-0.2, -0.15) is 5.10 Å². The first kappa shape index (κ1) is 16.1. The molecule has 0 bridgehead atoms. The summed E-state index contributed by atoms with van der Waals surface area (Å²) in [6, 6.07) is 0.351. The van der Waals surface area contributed by atoms with Crippen LogP contribution in [0.3, 0.4) is 0 Å². The molecule has 1 N–H and O–H groups in total. The number of carbonyl (C=O) groups is 1. The Morgan fingerprint density at radius 3 is 2.79 bits per heavy atom. The van der Waals surface area contributed by atoms with Gasteiger partial charge in [0, 0.05) is 38.8 Å². The van der Waals surface area contributed by atoms with Crippen LogP contribution in [0.1, 0.15) is 57.4 Å². The van der Waals surface area contributed by atoms with Gasteiger partial charge in [-0.1, -0.05) is 19.3 Å². The average molecular weight is 332 g/mol. The Bertz CT molecular complexity index is 594. The quantitative estimate of drug-likeness (QED) is 0.915. The highest BCUT2D eigenvalue weighted by Crippen LogP contribution is 2.32. The van der Waals surface area contributed by atoms with E-state index in [2.05, 4.69) is 10.00 Å². The fraction of sp³-hybridized carbons (Fsp3) is 0.778. The van der Waals surface area contributed by atoms with Gasteiger partial charge in [0.15, 0.2) is 0 Å². The molecule has 6 nitrogen and oxygen atoms in total. The molecule has 1 atom stereocenters. The van der Waals surface area contributed by atoms with Crippen molar-refractivity contribution >= 4 is 11.6 Å². The van der Waals surface area contributed by atoms with E-state index in [4.69, 9.17) is 0 Å². The number of nitrogens with zero attached hydrogens (tertiary/aromatic N) is 4. The summed E-state index contributed by atoms with van der Waals surface area (Å²) in [7, 11) is 0. The van der Waals surface area contributed by atoms with Crippen LogP contribution in [0.2, 0.25) is 0 Å². The molecule has 24 heavy (non-hydrogen) atoms. The Balaban J connectivity index is 1.36. The smallest absolute Gasteiger partial charge is 0.227 e. The van der Waals surface area contributed by atoms with Crippen LogP contribution in [0.4, 0.5) is 5.69 Å².